The first-order valence-corrected chi connectivity index (χ1v) is 12.0. The van der Waals surface area contributed by atoms with Gasteiger partial charge < -0.3 is 15.4 Å². The summed E-state index contributed by atoms with van der Waals surface area (Å²) in [5.41, 5.74) is 9.36. The molecule has 0 fully saturated rings. The number of carbonyl (C=O) groups is 1. The highest BCUT2D eigenvalue weighted by Gasteiger charge is 2.24. The third kappa shape index (κ3) is 4.70. The van der Waals surface area contributed by atoms with Gasteiger partial charge in [0.1, 0.15) is 18.2 Å². The Bertz CT molecular complexity index is 1430. The van der Waals surface area contributed by atoms with Crippen molar-refractivity contribution in [2.45, 2.75) is 11.8 Å². The van der Waals surface area contributed by atoms with Gasteiger partial charge in [-0.25, -0.2) is 13.6 Å². The van der Waals surface area contributed by atoms with Crippen LogP contribution in [0, 0.1) is 5.41 Å². The summed E-state index contributed by atoms with van der Waals surface area (Å²) in [4.78, 5) is 14.8. The van der Waals surface area contributed by atoms with Crippen molar-refractivity contribution in [3.05, 3.63) is 83.9 Å². The van der Waals surface area contributed by atoms with Gasteiger partial charge in [0.15, 0.2) is 0 Å². The summed E-state index contributed by atoms with van der Waals surface area (Å²) >= 11 is 0. The minimum atomic E-state index is -3.91. The fraction of sp³-hybridized carbons (Fsp3) is 0.120. The highest BCUT2D eigenvalue weighted by Crippen LogP contribution is 2.37. The highest BCUT2D eigenvalue weighted by molar-refractivity contribution is 7.89. The lowest BCUT2D eigenvalue weighted by atomic mass is 10.0. The summed E-state index contributed by atoms with van der Waals surface area (Å²) in [6.45, 7) is 2.49. The van der Waals surface area contributed by atoms with Crippen LogP contribution >= 0.6 is 0 Å². The van der Waals surface area contributed by atoms with E-state index in [0.717, 1.165) is 11.1 Å². The number of amidine groups is 1. The van der Waals surface area contributed by atoms with E-state index in [-0.39, 0.29) is 16.6 Å². The molecule has 5 N–H and O–H groups in total. The van der Waals surface area contributed by atoms with Gasteiger partial charge in [-0.3, -0.25) is 10.2 Å². The Balaban J connectivity index is 1.66. The lowest BCUT2D eigenvalue weighted by molar-refractivity contribution is -0.114. The molecule has 0 spiro atoms. The van der Waals surface area contributed by atoms with Crippen molar-refractivity contribution in [2.24, 2.45) is 10.9 Å². The number of rotatable bonds is 5. The van der Waals surface area contributed by atoms with Gasteiger partial charge in [0.25, 0.3) is 5.91 Å². The van der Waals surface area contributed by atoms with Crippen LogP contribution in [0.5, 0.6) is 5.75 Å². The molecule has 9 heteroatoms. The van der Waals surface area contributed by atoms with E-state index in [1.165, 1.54) is 6.07 Å². The van der Waals surface area contributed by atoms with Gasteiger partial charge in [-0.2, -0.15) is 0 Å². The highest BCUT2D eigenvalue weighted by atomic mass is 32.2. The Morgan fingerprint density at radius 2 is 1.79 bits per heavy atom. The van der Waals surface area contributed by atoms with E-state index >= 15 is 0 Å². The third-order valence-electron chi connectivity index (χ3n) is 5.56. The fourth-order valence-corrected chi connectivity index (χ4v) is 4.61. The maximum absolute atomic E-state index is 13.1. The van der Waals surface area contributed by atoms with Crippen molar-refractivity contribution in [1.82, 2.24) is 0 Å². The predicted octanol–water partition coefficient (Wildman–Crippen LogP) is 3.11. The first-order chi connectivity index (χ1) is 16.1. The van der Waals surface area contributed by atoms with Crippen LogP contribution < -0.4 is 20.5 Å². The number of ether oxygens (including phenoxy) is 1. The molecule has 1 heterocycles. The quantitative estimate of drug-likeness (QED) is 0.295. The van der Waals surface area contributed by atoms with E-state index in [2.05, 4.69) is 0 Å². The second-order valence-electron chi connectivity index (χ2n) is 7.88. The smallest absolute Gasteiger partial charge is 0.251 e. The van der Waals surface area contributed by atoms with Crippen molar-refractivity contribution in [2.75, 3.05) is 18.1 Å². The Morgan fingerprint density at radius 1 is 1.06 bits per heavy atom. The predicted molar refractivity (Wildman–Crippen MR) is 132 cm³/mol. The Kier molecular flexibility index (Phi) is 6.23. The summed E-state index contributed by atoms with van der Waals surface area (Å²) in [5.74, 6) is 0.224. The first-order valence-electron chi connectivity index (χ1n) is 10.5. The zero-order chi connectivity index (χ0) is 24.5. The second-order valence-corrected chi connectivity index (χ2v) is 9.41. The van der Waals surface area contributed by atoms with E-state index in [9.17, 15) is 13.2 Å². The Morgan fingerprint density at radius 3 is 2.53 bits per heavy atom. The molecule has 8 nitrogen and oxygen atoms in total. The number of sulfonamides is 1. The molecule has 34 heavy (non-hydrogen) atoms. The topological polar surface area (TPSA) is 140 Å². The van der Waals surface area contributed by atoms with Crippen molar-refractivity contribution < 1.29 is 17.9 Å². The molecule has 1 aliphatic rings. The molecule has 0 aromatic heterocycles. The molecule has 3 aromatic rings. The van der Waals surface area contributed by atoms with E-state index in [1.807, 2.05) is 13.0 Å². The van der Waals surface area contributed by atoms with Crippen LogP contribution in [0.4, 0.5) is 5.69 Å². The summed E-state index contributed by atoms with van der Waals surface area (Å²) in [6.07, 6.45) is 1.54. The molecule has 0 atom stereocenters. The van der Waals surface area contributed by atoms with Crippen molar-refractivity contribution in [3.63, 3.8) is 0 Å². The van der Waals surface area contributed by atoms with E-state index in [4.69, 9.17) is 21.0 Å². The zero-order valence-electron chi connectivity index (χ0n) is 18.5. The molecule has 0 bridgehead atoms. The number of nitrogens with zero attached hydrogens (tertiary/aromatic N) is 1. The van der Waals surface area contributed by atoms with Gasteiger partial charge in [-0.05, 0) is 47.9 Å². The summed E-state index contributed by atoms with van der Waals surface area (Å²) in [6, 6.07) is 18.8. The van der Waals surface area contributed by atoms with Crippen LogP contribution in [-0.2, 0) is 14.8 Å². The van der Waals surface area contributed by atoms with Crippen LogP contribution in [0.15, 0.2) is 77.7 Å². The van der Waals surface area contributed by atoms with Crippen molar-refractivity contribution in [3.8, 4) is 16.9 Å². The van der Waals surface area contributed by atoms with Crippen LogP contribution in [0.2, 0.25) is 0 Å². The number of amides is 1. The van der Waals surface area contributed by atoms with Gasteiger partial charge in [0.2, 0.25) is 10.0 Å². The average molecular weight is 477 g/mol. The molecule has 1 amide bonds. The van der Waals surface area contributed by atoms with Gasteiger partial charge in [-0.1, -0.05) is 42.5 Å². The standard InChI is InChI=1S/C25H24N4O4S/c1-16(17-5-4-6-19(14-17)25(26)27)13-24(30)29-11-12-33-22-15-18(9-10-21(22)29)20-7-2-3-8-23(20)34(28,31)32/h2-10,13-15H,11-12H2,1H3,(H3,26,27)(H2,28,31,32)/b16-13+. The molecular formula is C25H24N4O4S. The molecule has 4 rings (SSSR count). The lowest BCUT2D eigenvalue weighted by Gasteiger charge is -2.29. The third-order valence-corrected chi connectivity index (χ3v) is 6.53. The number of allylic oxidation sites excluding steroid dienone is 1. The number of nitrogen functional groups attached to an aromatic ring is 1. The molecule has 0 saturated heterocycles. The molecule has 0 aliphatic carbocycles. The minimum absolute atomic E-state index is 0.0186. The summed E-state index contributed by atoms with van der Waals surface area (Å²) in [5, 5.41) is 13.0. The largest absolute Gasteiger partial charge is 0.490 e. The monoisotopic (exact) mass is 476 g/mol. The summed E-state index contributed by atoms with van der Waals surface area (Å²) in [7, 11) is -3.91. The number of nitrogens with two attached hydrogens (primary N) is 2. The van der Waals surface area contributed by atoms with Crippen LogP contribution in [0.3, 0.4) is 0 Å². The second kappa shape index (κ2) is 9.12. The molecular weight excluding hydrogens is 452 g/mol. The van der Waals surface area contributed by atoms with Crippen LogP contribution in [0.25, 0.3) is 16.7 Å². The van der Waals surface area contributed by atoms with E-state index < -0.39 is 10.0 Å². The van der Waals surface area contributed by atoms with Crippen molar-refractivity contribution in [1.29, 1.82) is 5.41 Å². The van der Waals surface area contributed by atoms with E-state index in [1.54, 1.807) is 65.6 Å². The van der Waals surface area contributed by atoms with Gasteiger partial charge in [0, 0.05) is 17.2 Å². The number of fused-ring (bicyclic) bond motifs is 1. The maximum atomic E-state index is 13.1. The Hall–Kier alpha value is -3.95. The molecule has 3 aromatic carbocycles. The number of hydrogen-bond acceptors (Lipinski definition) is 5. The molecule has 1 aliphatic heterocycles. The zero-order valence-corrected chi connectivity index (χ0v) is 19.3. The number of benzene rings is 3. The Labute approximate surface area is 198 Å². The molecule has 0 unspecified atom stereocenters. The van der Waals surface area contributed by atoms with Crippen LogP contribution in [0.1, 0.15) is 18.1 Å². The SMILES string of the molecule is C/C(=C\C(=O)N1CCOc2cc(-c3ccccc3S(N)(=O)=O)ccc21)c1cccc(C(=N)N)c1. The van der Waals surface area contributed by atoms with Gasteiger partial charge in [0.05, 0.1) is 17.1 Å². The van der Waals surface area contributed by atoms with E-state index in [0.29, 0.717) is 41.3 Å². The van der Waals surface area contributed by atoms with Gasteiger partial charge >= 0.3 is 0 Å². The van der Waals surface area contributed by atoms with Crippen molar-refractivity contribution >= 4 is 33.0 Å². The normalized spacial score (nSPS) is 13.7. The average Bonchev–Trinajstić information content (AvgIpc) is 2.82. The first kappa shape index (κ1) is 23.2. The molecule has 0 saturated carbocycles. The maximum Gasteiger partial charge on any atom is 0.251 e. The number of primary sulfonamides is 1. The molecule has 174 valence electrons. The molecule has 0 radical (unpaired) electrons. The van der Waals surface area contributed by atoms with Gasteiger partial charge in [-0.15, -0.1) is 0 Å². The summed E-state index contributed by atoms with van der Waals surface area (Å²) < 4.78 is 29.8. The number of anilines is 1. The number of hydrogen-bond donors (Lipinski definition) is 3. The number of nitrogens with one attached hydrogen (secondary N) is 1. The number of carbonyl (C=O) groups excluding carboxylic acids is 1. The fourth-order valence-electron chi connectivity index (χ4n) is 3.85. The van der Waals surface area contributed by atoms with Crippen LogP contribution in [-0.4, -0.2) is 33.3 Å². The minimum Gasteiger partial charge on any atom is -0.490 e. The lowest BCUT2D eigenvalue weighted by Crippen LogP contribution is -2.37.